The van der Waals surface area contributed by atoms with Crippen LogP contribution in [-0.4, -0.2) is 29.4 Å². The van der Waals surface area contributed by atoms with Gasteiger partial charge in [-0.25, -0.2) is 0 Å². The molecule has 0 amide bonds. The van der Waals surface area contributed by atoms with Crippen LogP contribution >= 0.6 is 15.9 Å². The number of hydrogen-bond donors (Lipinski definition) is 0. The summed E-state index contributed by atoms with van der Waals surface area (Å²) in [6.45, 7) is 1.71. The number of halogens is 1. The fourth-order valence-electron chi connectivity index (χ4n) is 1.29. The number of nitrogens with zero attached hydrogens (tertiary/aromatic N) is 1. The molecule has 0 heterocycles. The number of methoxy groups -OCH3 is 1. The van der Waals surface area contributed by atoms with Crippen molar-refractivity contribution in [2.75, 3.05) is 13.7 Å². The molecule has 1 aromatic carbocycles. The predicted molar refractivity (Wildman–Crippen MR) is 68.1 cm³/mol. The lowest BCUT2D eigenvalue weighted by Crippen LogP contribution is -2.22. The van der Waals surface area contributed by atoms with Crippen LogP contribution < -0.4 is 4.74 Å². The fraction of sp³-hybridized carbons (Fsp3) is 0.364. The molecule has 6 nitrogen and oxygen atoms in total. The predicted octanol–water partition coefficient (Wildman–Crippen LogP) is 2.22. The number of nitro groups is 1. The van der Waals surface area contributed by atoms with Gasteiger partial charge in [-0.3, -0.25) is 14.9 Å². The van der Waals surface area contributed by atoms with Crippen molar-refractivity contribution in [2.24, 2.45) is 0 Å². The Kier molecular flexibility index (Phi) is 5.08. The summed E-state index contributed by atoms with van der Waals surface area (Å²) in [5, 5.41) is 10.6. The molecule has 0 aromatic heterocycles. The standard InChI is InChI=1S/C11H12BrNO5/c1-7-5-8(3-4-10(7)13(15)16)18-6-9(12)11(14)17-2/h3-5,9H,6H2,1-2H3. The molecule has 0 fully saturated rings. The van der Waals surface area contributed by atoms with Gasteiger partial charge in [0.15, 0.2) is 0 Å². The number of alkyl halides is 1. The van der Waals surface area contributed by atoms with Crippen LogP contribution in [0, 0.1) is 17.0 Å². The maximum atomic E-state index is 11.1. The molecule has 0 saturated carbocycles. The highest BCUT2D eigenvalue weighted by Gasteiger charge is 2.16. The molecule has 0 spiro atoms. The largest absolute Gasteiger partial charge is 0.492 e. The Bertz CT molecular complexity index is 463. The van der Waals surface area contributed by atoms with Crippen LogP contribution in [-0.2, 0) is 9.53 Å². The van der Waals surface area contributed by atoms with Gasteiger partial charge in [-0.1, -0.05) is 15.9 Å². The summed E-state index contributed by atoms with van der Waals surface area (Å²) >= 11 is 3.11. The summed E-state index contributed by atoms with van der Waals surface area (Å²) in [6.07, 6.45) is 0. The molecule has 18 heavy (non-hydrogen) atoms. The van der Waals surface area contributed by atoms with Crippen molar-refractivity contribution in [3.63, 3.8) is 0 Å². The number of benzene rings is 1. The number of rotatable bonds is 5. The first kappa shape index (κ1) is 14.4. The Morgan fingerprint density at radius 2 is 2.22 bits per heavy atom. The minimum Gasteiger partial charge on any atom is -0.492 e. The minimum absolute atomic E-state index is 0.0331. The molecule has 98 valence electrons. The van der Waals surface area contributed by atoms with Crippen LogP contribution in [0.3, 0.4) is 0 Å². The van der Waals surface area contributed by atoms with Gasteiger partial charge in [0.1, 0.15) is 17.2 Å². The third-order valence-electron chi connectivity index (χ3n) is 2.22. The molecule has 1 rings (SSSR count). The molecular formula is C11H12BrNO5. The summed E-state index contributed by atoms with van der Waals surface area (Å²) in [4.78, 5) is 20.7. The van der Waals surface area contributed by atoms with Crippen molar-refractivity contribution in [3.8, 4) is 5.75 Å². The average Bonchev–Trinajstić information content (AvgIpc) is 2.34. The molecule has 0 saturated heterocycles. The van der Waals surface area contributed by atoms with E-state index in [0.717, 1.165) is 0 Å². The number of carbonyl (C=O) groups excluding carboxylic acids is 1. The van der Waals surface area contributed by atoms with E-state index >= 15 is 0 Å². The topological polar surface area (TPSA) is 78.7 Å². The van der Waals surface area contributed by atoms with E-state index < -0.39 is 15.7 Å². The summed E-state index contributed by atoms with van der Waals surface area (Å²) in [5.41, 5.74) is 0.535. The quantitative estimate of drug-likeness (QED) is 0.360. The third kappa shape index (κ3) is 3.69. The van der Waals surface area contributed by atoms with Crippen molar-refractivity contribution in [1.82, 2.24) is 0 Å². The normalized spacial score (nSPS) is 11.7. The molecule has 1 unspecified atom stereocenters. The number of hydrogen-bond acceptors (Lipinski definition) is 5. The van der Waals surface area contributed by atoms with E-state index in [9.17, 15) is 14.9 Å². The van der Waals surface area contributed by atoms with Gasteiger partial charge < -0.3 is 9.47 Å². The Morgan fingerprint density at radius 3 is 2.72 bits per heavy atom. The smallest absolute Gasteiger partial charge is 0.322 e. The van der Waals surface area contributed by atoms with Crippen molar-refractivity contribution >= 4 is 27.6 Å². The molecule has 0 aliphatic heterocycles. The van der Waals surface area contributed by atoms with Crippen LogP contribution in [0.15, 0.2) is 18.2 Å². The molecule has 0 aliphatic rings. The van der Waals surface area contributed by atoms with E-state index in [1.165, 1.54) is 19.2 Å². The monoisotopic (exact) mass is 317 g/mol. The summed E-state index contributed by atoms with van der Waals surface area (Å²) in [7, 11) is 1.28. The first-order chi connectivity index (χ1) is 8.45. The van der Waals surface area contributed by atoms with Gasteiger partial charge in [-0.15, -0.1) is 0 Å². The lowest BCUT2D eigenvalue weighted by Gasteiger charge is -2.10. The van der Waals surface area contributed by atoms with Gasteiger partial charge in [-0.05, 0) is 19.1 Å². The summed E-state index contributed by atoms with van der Waals surface area (Å²) in [6, 6.07) is 4.41. The number of esters is 1. The highest BCUT2D eigenvalue weighted by molar-refractivity contribution is 9.10. The Balaban J connectivity index is 2.67. The van der Waals surface area contributed by atoms with Gasteiger partial charge in [0.2, 0.25) is 0 Å². The number of aryl methyl sites for hydroxylation is 1. The number of nitro benzene ring substituents is 1. The lowest BCUT2D eigenvalue weighted by molar-refractivity contribution is -0.385. The maximum absolute atomic E-state index is 11.1. The molecular weight excluding hydrogens is 306 g/mol. The highest BCUT2D eigenvalue weighted by Crippen LogP contribution is 2.23. The zero-order chi connectivity index (χ0) is 13.7. The zero-order valence-corrected chi connectivity index (χ0v) is 11.5. The molecule has 1 aromatic rings. The van der Waals surface area contributed by atoms with Crippen molar-refractivity contribution in [2.45, 2.75) is 11.8 Å². The molecule has 0 aliphatic carbocycles. The Hall–Kier alpha value is -1.63. The van der Waals surface area contributed by atoms with Gasteiger partial charge in [0, 0.05) is 11.6 Å². The van der Waals surface area contributed by atoms with Crippen LogP contribution in [0.25, 0.3) is 0 Å². The molecule has 7 heteroatoms. The highest BCUT2D eigenvalue weighted by atomic mass is 79.9. The number of carbonyl (C=O) groups is 1. The van der Waals surface area contributed by atoms with Crippen LogP contribution in [0.5, 0.6) is 5.75 Å². The third-order valence-corrected chi connectivity index (χ3v) is 2.86. The van der Waals surface area contributed by atoms with Gasteiger partial charge in [-0.2, -0.15) is 0 Å². The van der Waals surface area contributed by atoms with Gasteiger partial charge in [0.05, 0.1) is 12.0 Å². The molecule has 0 bridgehead atoms. The Morgan fingerprint density at radius 1 is 1.56 bits per heavy atom. The second-order valence-corrected chi connectivity index (χ2v) is 4.61. The average molecular weight is 318 g/mol. The van der Waals surface area contributed by atoms with E-state index in [2.05, 4.69) is 20.7 Å². The van der Waals surface area contributed by atoms with Crippen LogP contribution in [0.2, 0.25) is 0 Å². The van der Waals surface area contributed by atoms with E-state index in [0.29, 0.717) is 11.3 Å². The summed E-state index contributed by atoms with van der Waals surface area (Å²) in [5.74, 6) is 0.0279. The van der Waals surface area contributed by atoms with Crippen LogP contribution in [0.4, 0.5) is 5.69 Å². The molecule has 1 atom stereocenters. The van der Waals surface area contributed by atoms with E-state index in [4.69, 9.17) is 4.74 Å². The first-order valence-corrected chi connectivity index (χ1v) is 5.97. The van der Waals surface area contributed by atoms with Crippen molar-refractivity contribution in [1.29, 1.82) is 0 Å². The van der Waals surface area contributed by atoms with E-state index in [-0.39, 0.29) is 12.3 Å². The second kappa shape index (κ2) is 6.34. The lowest BCUT2D eigenvalue weighted by atomic mass is 10.2. The fourth-order valence-corrected chi connectivity index (χ4v) is 1.61. The zero-order valence-electron chi connectivity index (χ0n) is 9.88. The van der Waals surface area contributed by atoms with Crippen molar-refractivity contribution in [3.05, 3.63) is 33.9 Å². The van der Waals surface area contributed by atoms with E-state index in [1.807, 2.05) is 0 Å². The number of ether oxygens (including phenoxy) is 2. The van der Waals surface area contributed by atoms with Crippen LogP contribution in [0.1, 0.15) is 5.56 Å². The van der Waals surface area contributed by atoms with E-state index in [1.54, 1.807) is 13.0 Å². The SMILES string of the molecule is COC(=O)C(Br)COc1ccc([N+](=O)[O-])c(C)c1. The first-order valence-electron chi connectivity index (χ1n) is 5.05. The second-order valence-electron chi connectivity index (χ2n) is 3.51. The summed E-state index contributed by atoms with van der Waals surface area (Å²) < 4.78 is 9.86. The van der Waals surface area contributed by atoms with Gasteiger partial charge >= 0.3 is 5.97 Å². The molecule has 0 radical (unpaired) electrons. The van der Waals surface area contributed by atoms with Gasteiger partial charge in [0.25, 0.3) is 5.69 Å². The minimum atomic E-state index is -0.571. The maximum Gasteiger partial charge on any atom is 0.322 e. The Labute approximate surface area is 112 Å². The molecule has 0 N–H and O–H groups in total. The van der Waals surface area contributed by atoms with Crippen molar-refractivity contribution < 1.29 is 19.2 Å².